The normalized spacial score (nSPS) is 20.0. The lowest BCUT2D eigenvalue weighted by molar-refractivity contribution is 0.183. The third-order valence-corrected chi connectivity index (χ3v) is 6.56. The Kier molecular flexibility index (Phi) is 6.99. The number of sulfonamides is 1. The molecule has 0 unspecified atom stereocenters. The number of nitrogens with one attached hydrogen (secondary N) is 1. The van der Waals surface area contributed by atoms with E-state index >= 15 is 0 Å². The monoisotopic (exact) mass is 388 g/mol. The second-order valence-corrected chi connectivity index (χ2v) is 8.90. The van der Waals surface area contributed by atoms with Crippen LogP contribution in [0.25, 0.3) is 0 Å². The van der Waals surface area contributed by atoms with Crippen molar-refractivity contribution in [3.05, 3.63) is 59.9 Å². The van der Waals surface area contributed by atoms with Gasteiger partial charge < -0.3 is 4.74 Å². The van der Waals surface area contributed by atoms with Crippen LogP contribution in [-0.4, -0.2) is 32.7 Å². The molecule has 1 aromatic heterocycles. The van der Waals surface area contributed by atoms with Crippen molar-refractivity contribution in [3.8, 4) is 0 Å². The minimum absolute atomic E-state index is 0.121. The number of rotatable bonds is 9. The highest BCUT2D eigenvalue weighted by Gasteiger charge is 2.32. The number of hydrogen-bond acceptors (Lipinski definition) is 4. The van der Waals surface area contributed by atoms with Crippen molar-refractivity contribution in [1.29, 1.82) is 0 Å². The van der Waals surface area contributed by atoms with Crippen molar-refractivity contribution in [3.63, 3.8) is 0 Å². The third kappa shape index (κ3) is 5.61. The van der Waals surface area contributed by atoms with E-state index in [1.165, 1.54) is 18.4 Å². The molecule has 146 valence electrons. The first-order valence-corrected chi connectivity index (χ1v) is 11.1. The summed E-state index contributed by atoms with van der Waals surface area (Å²) in [5.74, 6) is 0.121. The van der Waals surface area contributed by atoms with Crippen LogP contribution in [0.15, 0.2) is 53.7 Å². The SMILES string of the molecule is CCCCCc1ccc(S(=O)(=O)N[C@@H]2COC[C@H]2Cc2ccncc2)cc1. The molecule has 1 fully saturated rings. The van der Waals surface area contributed by atoms with Crippen LogP contribution in [0.4, 0.5) is 0 Å². The zero-order chi connectivity index (χ0) is 19.1. The molecular weight excluding hydrogens is 360 g/mol. The summed E-state index contributed by atoms with van der Waals surface area (Å²) in [7, 11) is -3.55. The fourth-order valence-electron chi connectivity index (χ4n) is 3.43. The first kappa shape index (κ1) is 20.0. The number of nitrogens with zero attached hydrogens (tertiary/aromatic N) is 1. The molecule has 0 bridgehead atoms. The molecule has 1 aliphatic heterocycles. The molecule has 27 heavy (non-hydrogen) atoms. The van der Waals surface area contributed by atoms with Gasteiger partial charge in [-0.25, -0.2) is 13.1 Å². The Hall–Kier alpha value is -1.76. The van der Waals surface area contributed by atoms with Gasteiger partial charge in [-0.1, -0.05) is 31.9 Å². The molecule has 0 radical (unpaired) electrons. The molecule has 0 saturated carbocycles. The average Bonchev–Trinajstić information content (AvgIpc) is 3.09. The lowest BCUT2D eigenvalue weighted by atomic mass is 9.96. The number of benzene rings is 1. The summed E-state index contributed by atoms with van der Waals surface area (Å²) in [5.41, 5.74) is 2.32. The van der Waals surface area contributed by atoms with E-state index < -0.39 is 10.0 Å². The lowest BCUT2D eigenvalue weighted by Crippen LogP contribution is -2.40. The maximum Gasteiger partial charge on any atom is 0.240 e. The highest BCUT2D eigenvalue weighted by atomic mass is 32.2. The van der Waals surface area contributed by atoms with Crippen LogP contribution < -0.4 is 4.72 Å². The van der Waals surface area contributed by atoms with Crippen LogP contribution in [0.1, 0.15) is 37.3 Å². The van der Waals surface area contributed by atoms with Crippen molar-refractivity contribution in [2.24, 2.45) is 5.92 Å². The van der Waals surface area contributed by atoms with Crippen LogP contribution in [-0.2, 0) is 27.6 Å². The standard InChI is InChI=1S/C21H28N2O3S/c1-2-3-4-5-17-6-8-20(9-7-17)27(24,25)23-21-16-26-15-19(21)14-18-10-12-22-13-11-18/h6-13,19,21,23H,2-5,14-16H2,1H3/t19-,21-/m1/s1. The number of aryl methyl sites for hydroxylation is 1. The van der Waals surface area contributed by atoms with Crippen LogP contribution in [0.2, 0.25) is 0 Å². The fraction of sp³-hybridized carbons (Fsp3) is 0.476. The predicted molar refractivity (Wildman–Crippen MR) is 106 cm³/mol. The number of unbranched alkanes of at least 4 members (excludes halogenated alkanes) is 2. The fourth-order valence-corrected chi connectivity index (χ4v) is 4.72. The van der Waals surface area contributed by atoms with E-state index in [0.717, 1.165) is 24.8 Å². The molecule has 3 rings (SSSR count). The molecule has 6 heteroatoms. The van der Waals surface area contributed by atoms with Crippen molar-refractivity contribution in [1.82, 2.24) is 9.71 Å². The van der Waals surface area contributed by atoms with Gasteiger partial charge in [0, 0.05) is 18.3 Å². The number of pyridine rings is 1. The van der Waals surface area contributed by atoms with E-state index in [4.69, 9.17) is 4.74 Å². The largest absolute Gasteiger partial charge is 0.379 e. The maximum absolute atomic E-state index is 12.8. The Morgan fingerprint density at radius 2 is 1.78 bits per heavy atom. The zero-order valence-corrected chi connectivity index (χ0v) is 16.6. The van der Waals surface area contributed by atoms with E-state index in [1.807, 2.05) is 24.3 Å². The lowest BCUT2D eigenvalue weighted by Gasteiger charge is -2.19. The Bertz CT molecular complexity index is 807. The van der Waals surface area contributed by atoms with Gasteiger partial charge in [-0.05, 0) is 54.7 Å². The molecule has 2 atom stereocenters. The van der Waals surface area contributed by atoms with Gasteiger partial charge in [-0.2, -0.15) is 0 Å². The van der Waals surface area contributed by atoms with E-state index in [0.29, 0.717) is 18.1 Å². The smallest absolute Gasteiger partial charge is 0.240 e. The molecule has 0 amide bonds. The first-order valence-electron chi connectivity index (χ1n) is 9.66. The summed E-state index contributed by atoms with van der Waals surface area (Å²) < 4.78 is 34.0. The van der Waals surface area contributed by atoms with Gasteiger partial charge in [0.25, 0.3) is 0 Å². The highest BCUT2D eigenvalue weighted by molar-refractivity contribution is 7.89. The number of aromatic nitrogens is 1. The van der Waals surface area contributed by atoms with Gasteiger partial charge >= 0.3 is 0 Å². The van der Waals surface area contributed by atoms with E-state index in [-0.39, 0.29) is 12.0 Å². The Balaban J connectivity index is 1.62. The van der Waals surface area contributed by atoms with Gasteiger partial charge in [0.05, 0.1) is 24.2 Å². The molecule has 1 aliphatic rings. The topological polar surface area (TPSA) is 68.3 Å². The molecular formula is C21H28N2O3S. The number of hydrogen-bond donors (Lipinski definition) is 1. The van der Waals surface area contributed by atoms with E-state index in [2.05, 4.69) is 16.6 Å². The Morgan fingerprint density at radius 3 is 2.48 bits per heavy atom. The summed E-state index contributed by atoms with van der Waals surface area (Å²) in [6.07, 6.45) is 8.79. The molecule has 2 aromatic rings. The summed E-state index contributed by atoms with van der Waals surface area (Å²) >= 11 is 0. The molecule has 2 heterocycles. The molecule has 0 aliphatic carbocycles. The van der Waals surface area contributed by atoms with Crippen LogP contribution in [0, 0.1) is 5.92 Å². The first-order chi connectivity index (χ1) is 13.1. The van der Waals surface area contributed by atoms with Crippen molar-refractivity contribution in [2.45, 2.75) is 50.0 Å². The minimum Gasteiger partial charge on any atom is -0.379 e. The van der Waals surface area contributed by atoms with Crippen molar-refractivity contribution in [2.75, 3.05) is 13.2 Å². The van der Waals surface area contributed by atoms with Crippen LogP contribution >= 0.6 is 0 Å². The molecule has 1 saturated heterocycles. The minimum atomic E-state index is -3.55. The predicted octanol–water partition coefficient (Wildman–Crippen LogP) is 3.35. The Morgan fingerprint density at radius 1 is 1.04 bits per heavy atom. The average molecular weight is 389 g/mol. The summed E-state index contributed by atoms with van der Waals surface area (Å²) in [6, 6.07) is 11.0. The van der Waals surface area contributed by atoms with Gasteiger partial charge in [0.15, 0.2) is 0 Å². The number of ether oxygens (including phenoxy) is 1. The maximum atomic E-state index is 12.8. The molecule has 1 aromatic carbocycles. The van der Waals surface area contributed by atoms with Gasteiger partial charge in [0.1, 0.15) is 0 Å². The Labute approximate surface area is 162 Å². The quantitative estimate of drug-likeness (QED) is 0.669. The summed E-state index contributed by atoms with van der Waals surface area (Å²) in [5, 5.41) is 0. The molecule has 0 spiro atoms. The van der Waals surface area contributed by atoms with E-state index in [1.54, 1.807) is 24.5 Å². The zero-order valence-electron chi connectivity index (χ0n) is 15.8. The second-order valence-electron chi connectivity index (χ2n) is 7.19. The molecule has 5 nitrogen and oxygen atoms in total. The summed E-state index contributed by atoms with van der Waals surface area (Å²) in [4.78, 5) is 4.34. The second kappa shape index (κ2) is 9.44. The van der Waals surface area contributed by atoms with E-state index in [9.17, 15) is 8.42 Å². The highest BCUT2D eigenvalue weighted by Crippen LogP contribution is 2.21. The van der Waals surface area contributed by atoms with Gasteiger partial charge in [0.2, 0.25) is 10.0 Å². The molecule has 1 N–H and O–H groups in total. The third-order valence-electron chi connectivity index (χ3n) is 5.05. The summed E-state index contributed by atoms with van der Waals surface area (Å²) in [6.45, 7) is 3.14. The van der Waals surface area contributed by atoms with Crippen molar-refractivity contribution >= 4 is 10.0 Å². The van der Waals surface area contributed by atoms with Gasteiger partial charge in [-0.15, -0.1) is 0 Å². The van der Waals surface area contributed by atoms with Crippen molar-refractivity contribution < 1.29 is 13.2 Å². The van der Waals surface area contributed by atoms with Crippen LogP contribution in [0.3, 0.4) is 0 Å². The van der Waals surface area contributed by atoms with Gasteiger partial charge in [-0.3, -0.25) is 4.98 Å². The van der Waals surface area contributed by atoms with Crippen LogP contribution in [0.5, 0.6) is 0 Å².